The standard InChI is InChI=1S/C49H69N7O14/c1-8-9-19-32(41(64)47(69)50-27-30-16-11-10-12-17-30)52-44(66)34(24-28(2)3)55-48(70)42(49(5,6)7)56-46(68)35(25-31-18-14-13-15-29(31)4)54-43(65)33(20-22-38(58)59)53-45(67)36(26-40(62)63)51-37(57)21-23-39(60)61/h8-18,28,32-36,41-42,64H,19-27H2,1-7H3,(H,50,69)(H,51,57)(H,52,66)(H,53,67)(H,54,65)(H,55,70)(H,56,68)(H,58,59)(H,60,61)(H,62,63)/b9-8-/t32-,33-,34-,35-,36-,41?,42+/m0/s1. The lowest BCUT2D eigenvalue weighted by Gasteiger charge is -2.34. The van der Waals surface area contributed by atoms with Crippen LogP contribution in [0, 0.1) is 18.3 Å². The molecule has 0 heterocycles. The van der Waals surface area contributed by atoms with E-state index < -0.39 is 139 Å². The summed E-state index contributed by atoms with van der Waals surface area (Å²) < 4.78 is 0. The minimum atomic E-state index is -1.81. The first-order valence-corrected chi connectivity index (χ1v) is 22.9. The Labute approximate surface area is 407 Å². The van der Waals surface area contributed by atoms with Crippen LogP contribution < -0.4 is 37.2 Å². The van der Waals surface area contributed by atoms with E-state index in [4.69, 9.17) is 5.11 Å². The van der Waals surface area contributed by atoms with Crippen molar-refractivity contribution < 1.29 is 68.4 Å². The first-order chi connectivity index (χ1) is 32.8. The minimum Gasteiger partial charge on any atom is -0.481 e. The lowest BCUT2D eigenvalue weighted by molar-refractivity contribution is -0.142. The molecule has 2 aromatic carbocycles. The Balaban J connectivity index is 2.46. The predicted molar refractivity (Wildman–Crippen MR) is 255 cm³/mol. The molecule has 70 heavy (non-hydrogen) atoms. The van der Waals surface area contributed by atoms with Gasteiger partial charge in [0.25, 0.3) is 5.91 Å². The van der Waals surface area contributed by atoms with Crippen molar-refractivity contribution in [2.45, 2.75) is 149 Å². The fourth-order valence-corrected chi connectivity index (χ4v) is 7.00. The van der Waals surface area contributed by atoms with E-state index in [1.807, 2.05) is 19.9 Å². The van der Waals surface area contributed by atoms with Gasteiger partial charge in [-0.05, 0) is 61.1 Å². The first kappa shape index (κ1) is 59.0. The van der Waals surface area contributed by atoms with Crippen LogP contribution in [-0.2, 0) is 60.9 Å². The van der Waals surface area contributed by atoms with Crippen molar-refractivity contribution in [3.8, 4) is 0 Å². The molecule has 11 N–H and O–H groups in total. The number of aliphatic carboxylic acids is 3. The van der Waals surface area contributed by atoms with Gasteiger partial charge in [-0.25, -0.2) is 0 Å². The van der Waals surface area contributed by atoms with E-state index in [-0.39, 0.29) is 31.7 Å². The molecule has 0 aliphatic carbocycles. The summed E-state index contributed by atoms with van der Waals surface area (Å²) >= 11 is 0. The van der Waals surface area contributed by atoms with Crippen LogP contribution >= 0.6 is 0 Å². The second-order valence-corrected chi connectivity index (χ2v) is 18.4. The Morgan fingerprint density at radius 1 is 0.614 bits per heavy atom. The maximum absolute atomic E-state index is 14.5. The molecule has 2 aromatic rings. The molecule has 21 heteroatoms. The smallest absolute Gasteiger partial charge is 0.305 e. The molecule has 7 atom stereocenters. The summed E-state index contributed by atoms with van der Waals surface area (Å²) in [7, 11) is 0. The summed E-state index contributed by atoms with van der Waals surface area (Å²) in [5, 5.41) is 56.8. The highest BCUT2D eigenvalue weighted by molar-refractivity contribution is 5.98. The molecule has 7 amide bonds. The van der Waals surface area contributed by atoms with E-state index in [1.165, 1.54) is 0 Å². The summed E-state index contributed by atoms with van der Waals surface area (Å²) in [5.41, 5.74) is 1.02. The summed E-state index contributed by atoms with van der Waals surface area (Å²) in [6.07, 6.45) is -1.82. The van der Waals surface area contributed by atoms with Gasteiger partial charge in [0.1, 0.15) is 30.2 Å². The van der Waals surface area contributed by atoms with Crippen molar-refractivity contribution in [3.05, 3.63) is 83.4 Å². The number of hydrogen-bond acceptors (Lipinski definition) is 11. The zero-order valence-corrected chi connectivity index (χ0v) is 40.7. The lowest BCUT2D eigenvalue weighted by atomic mass is 9.85. The third-order valence-corrected chi connectivity index (χ3v) is 10.9. The number of aliphatic hydroxyl groups is 1. The molecule has 0 saturated carbocycles. The van der Waals surface area contributed by atoms with Gasteiger partial charge in [0, 0.05) is 25.8 Å². The van der Waals surface area contributed by atoms with E-state index in [9.17, 15) is 63.3 Å². The Bertz CT molecular complexity index is 2180. The summed E-state index contributed by atoms with van der Waals surface area (Å²) in [6, 6.07) is 7.13. The number of rotatable bonds is 29. The number of allylic oxidation sites excluding steroid dienone is 1. The molecule has 0 radical (unpaired) electrons. The molecule has 21 nitrogen and oxygen atoms in total. The van der Waals surface area contributed by atoms with Crippen molar-refractivity contribution in [1.82, 2.24) is 37.2 Å². The fraction of sp³-hybridized carbons (Fsp3) is 0.510. The zero-order valence-electron chi connectivity index (χ0n) is 40.7. The average molecular weight is 980 g/mol. The Hall–Kier alpha value is -7.16. The number of carboxylic acids is 3. The van der Waals surface area contributed by atoms with Gasteiger partial charge in [0.2, 0.25) is 35.4 Å². The molecule has 0 aliphatic rings. The number of nitrogens with one attached hydrogen (secondary N) is 7. The van der Waals surface area contributed by atoms with Gasteiger partial charge in [-0.2, -0.15) is 0 Å². The van der Waals surface area contributed by atoms with E-state index in [1.54, 1.807) is 95.3 Å². The third-order valence-electron chi connectivity index (χ3n) is 10.9. The van der Waals surface area contributed by atoms with Crippen LogP contribution in [0.25, 0.3) is 0 Å². The number of aryl methyl sites for hydroxylation is 1. The number of carbonyl (C=O) groups excluding carboxylic acids is 7. The molecule has 0 spiro atoms. The number of amides is 7. The Morgan fingerprint density at radius 3 is 1.74 bits per heavy atom. The molecule has 1 unspecified atom stereocenters. The highest BCUT2D eigenvalue weighted by Crippen LogP contribution is 2.21. The maximum atomic E-state index is 14.5. The maximum Gasteiger partial charge on any atom is 0.305 e. The van der Waals surface area contributed by atoms with Crippen molar-refractivity contribution in [2.75, 3.05) is 0 Å². The predicted octanol–water partition coefficient (Wildman–Crippen LogP) is 1.39. The molecular formula is C49H69N7O14. The molecule has 0 saturated heterocycles. The molecule has 0 fully saturated rings. The van der Waals surface area contributed by atoms with Gasteiger partial charge < -0.3 is 57.6 Å². The van der Waals surface area contributed by atoms with Crippen molar-refractivity contribution >= 4 is 59.3 Å². The van der Waals surface area contributed by atoms with Crippen molar-refractivity contribution in [1.29, 1.82) is 0 Å². The summed E-state index contributed by atoms with van der Waals surface area (Å²) in [6.45, 7) is 12.2. The largest absolute Gasteiger partial charge is 0.481 e. The van der Waals surface area contributed by atoms with Gasteiger partial charge in [-0.15, -0.1) is 0 Å². The van der Waals surface area contributed by atoms with E-state index in [0.29, 0.717) is 11.1 Å². The van der Waals surface area contributed by atoms with Gasteiger partial charge in [0.05, 0.1) is 18.9 Å². The van der Waals surface area contributed by atoms with Crippen LogP contribution in [0.4, 0.5) is 0 Å². The van der Waals surface area contributed by atoms with Gasteiger partial charge in [-0.1, -0.05) is 101 Å². The number of carbonyl (C=O) groups is 10. The summed E-state index contributed by atoms with van der Waals surface area (Å²) in [5.74, 6) is -10.8. The monoisotopic (exact) mass is 979 g/mol. The molecule has 0 aliphatic heterocycles. The lowest BCUT2D eigenvalue weighted by Crippen LogP contribution is -2.62. The normalized spacial score (nSPS) is 14.4. The SMILES string of the molecule is C/C=C\C[C@H](NC(=O)[C@H](CC(C)C)NC(=O)[C@@H](NC(=O)[C@H](Cc1ccccc1C)NC(=O)[C@H](CCC(=O)O)NC(=O)[C@H](CC(=O)O)NC(=O)CCC(=O)O)C(C)(C)C)C(O)C(=O)NCc1ccccc1. The van der Waals surface area contributed by atoms with Crippen LogP contribution in [0.15, 0.2) is 66.7 Å². The van der Waals surface area contributed by atoms with Crippen molar-refractivity contribution in [2.24, 2.45) is 11.3 Å². The molecule has 384 valence electrons. The minimum absolute atomic E-state index is 0.0636. The quantitative estimate of drug-likeness (QED) is 0.0514. The van der Waals surface area contributed by atoms with Crippen LogP contribution in [-0.4, -0.2) is 122 Å². The average Bonchev–Trinajstić information content (AvgIpc) is 3.28. The molecular weight excluding hydrogens is 911 g/mol. The highest BCUT2D eigenvalue weighted by Gasteiger charge is 2.39. The van der Waals surface area contributed by atoms with E-state index in [0.717, 1.165) is 5.56 Å². The van der Waals surface area contributed by atoms with Gasteiger partial charge >= 0.3 is 17.9 Å². The third kappa shape index (κ3) is 21.4. The fourth-order valence-electron chi connectivity index (χ4n) is 7.00. The Morgan fingerprint density at radius 2 is 1.17 bits per heavy atom. The molecule has 0 aromatic heterocycles. The first-order valence-electron chi connectivity index (χ1n) is 22.9. The van der Waals surface area contributed by atoms with Crippen molar-refractivity contribution in [3.63, 3.8) is 0 Å². The van der Waals surface area contributed by atoms with E-state index in [2.05, 4.69) is 37.2 Å². The second-order valence-electron chi connectivity index (χ2n) is 18.4. The highest BCUT2D eigenvalue weighted by atomic mass is 16.4. The van der Waals surface area contributed by atoms with Crippen LogP contribution in [0.1, 0.15) is 103 Å². The number of carboxylic acid groups (broad SMARTS) is 3. The van der Waals surface area contributed by atoms with Crippen LogP contribution in [0.5, 0.6) is 0 Å². The second kappa shape index (κ2) is 29.0. The topological polar surface area (TPSA) is 336 Å². The van der Waals surface area contributed by atoms with Crippen LogP contribution in [0.2, 0.25) is 0 Å². The number of hydrogen-bond donors (Lipinski definition) is 11. The number of benzene rings is 2. The van der Waals surface area contributed by atoms with Gasteiger partial charge in [0.15, 0.2) is 6.10 Å². The van der Waals surface area contributed by atoms with Crippen LogP contribution in [0.3, 0.4) is 0 Å². The zero-order chi connectivity index (χ0) is 52.7. The number of aliphatic hydroxyl groups excluding tert-OH is 1. The molecule has 0 bridgehead atoms. The summed E-state index contributed by atoms with van der Waals surface area (Å²) in [4.78, 5) is 130. The Kier molecular flexibility index (Phi) is 24.4. The van der Waals surface area contributed by atoms with Gasteiger partial charge in [-0.3, -0.25) is 47.9 Å². The van der Waals surface area contributed by atoms with E-state index >= 15 is 0 Å². The molecule has 2 rings (SSSR count).